The molecule has 0 saturated heterocycles. The number of allylic oxidation sites excluding steroid dienone is 3. The molecule has 0 aliphatic carbocycles. The highest BCUT2D eigenvalue weighted by Crippen LogP contribution is 2.31. The predicted molar refractivity (Wildman–Crippen MR) is 102 cm³/mol. The number of benzene rings is 1. The summed E-state index contributed by atoms with van der Waals surface area (Å²) in [4.78, 5) is 25.6. The second-order valence-corrected chi connectivity index (χ2v) is 6.69. The van der Waals surface area contributed by atoms with E-state index >= 15 is 0 Å². The summed E-state index contributed by atoms with van der Waals surface area (Å²) in [5.74, 6) is -1.35. The first-order chi connectivity index (χ1) is 12.4. The summed E-state index contributed by atoms with van der Waals surface area (Å²) < 4.78 is 1.70. The van der Waals surface area contributed by atoms with Gasteiger partial charge in [0.25, 0.3) is 5.56 Å². The number of aliphatic carboxylic acids is 1. The molecule has 1 aromatic heterocycles. The second kappa shape index (κ2) is 6.86. The van der Waals surface area contributed by atoms with Crippen molar-refractivity contribution >= 4 is 40.2 Å². The van der Waals surface area contributed by atoms with Crippen molar-refractivity contribution in [2.45, 2.75) is 0 Å². The van der Waals surface area contributed by atoms with E-state index in [1.807, 2.05) is 54.6 Å². The highest BCUT2D eigenvalue weighted by Gasteiger charge is 2.13. The molecule has 26 heavy (non-hydrogen) atoms. The van der Waals surface area contributed by atoms with Crippen LogP contribution < -0.4 is 19.7 Å². The lowest BCUT2D eigenvalue weighted by atomic mass is 10.00. The van der Waals surface area contributed by atoms with E-state index in [0.717, 1.165) is 28.2 Å². The molecule has 2 aromatic rings. The summed E-state index contributed by atoms with van der Waals surface area (Å²) in [6, 6.07) is 9.56. The molecule has 0 saturated carbocycles. The molecule has 0 bridgehead atoms. The topological polar surface area (TPSA) is 86.3 Å². The number of thiazole rings is 1. The molecule has 0 unspecified atom stereocenters. The van der Waals surface area contributed by atoms with Crippen molar-refractivity contribution < 1.29 is 9.90 Å². The van der Waals surface area contributed by atoms with Crippen LogP contribution in [0.4, 0.5) is 5.69 Å². The second-order valence-electron chi connectivity index (χ2n) is 5.66. The van der Waals surface area contributed by atoms with Crippen LogP contribution in [0, 0.1) is 11.3 Å². The highest BCUT2D eigenvalue weighted by atomic mass is 32.1. The zero-order valence-corrected chi connectivity index (χ0v) is 14.9. The van der Waals surface area contributed by atoms with Gasteiger partial charge in [-0.3, -0.25) is 4.79 Å². The van der Waals surface area contributed by atoms with Crippen LogP contribution in [0.2, 0.25) is 0 Å². The van der Waals surface area contributed by atoms with Crippen LogP contribution in [0.5, 0.6) is 0 Å². The minimum atomic E-state index is -1.35. The van der Waals surface area contributed by atoms with Crippen molar-refractivity contribution in [1.82, 2.24) is 4.57 Å². The Hall–Kier alpha value is -3.37. The van der Waals surface area contributed by atoms with Gasteiger partial charge in [-0.15, -0.1) is 11.3 Å². The molecule has 7 heteroatoms. The van der Waals surface area contributed by atoms with E-state index in [4.69, 9.17) is 10.4 Å². The molecule has 6 nitrogen and oxygen atoms in total. The Morgan fingerprint density at radius 2 is 2.00 bits per heavy atom. The van der Waals surface area contributed by atoms with Gasteiger partial charge in [-0.2, -0.15) is 5.26 Å². The third-order valence-corrected chi connectivity index (χ3v) is 5.26. The van der Waals surface area contributed by atoms with Crippen molar-refractivity contribution in [3.8, 4) is 6.07 Å². The maximum atomic E-state index is 12.4. The third-order valence-electron chi connectivity index (χ3n) is 4.05. The molecular formula is C19H15N3O3S. The fourth-order valence-corrected chi connectivity index (χ4v) is 3.71. The molecule has 3 rings (SSSR count). The van der Waals surface area contributed by atoms with Crippen LogP contribution in [0.25, 0.3) is 17.2 Å². The molecule has 1 N–H and O–H groups in total. The number of carboxylic acids is 1. The van der Waals surface area contributed by atoms with Crippen LogP contribution in [0.15, 0.2) is 47.4 Å². The van der Waals surface area contributed by atoms with Crippen molar-refractivity contribution in [1.29, 1.82) is 5.26 Å². The van der Waals surface area contributed by atoms with Crippen LogP contribution in [0.1, 0.15) is 5.56 Å². The summed E-state index contributed by atoms with van der Waals surface area (Å²) >= 11 is 0.993. The molecular weight excluding hydrogens is 350 g/mol. The molecule has 130 valence electrons. The molecule has 1 aliphatic heterocycles. The quantitative estimate of drug-likeness (QED) is 0.859. The number of aromatic nitrogens is 1. The highest BCUT2D eigenvalue weighted by molar-refractivity contribution is 7.07. The SMILES string of the molecule is CN1C=CC(=CC=c2sc(=C(C#N)C(=O)O)n(C)c2=O)c2ccccc21. The molecule has 0 atom stereocenters. The first-order valence-electron chi connectivity index (χ1n) is 7.70. The number of para-hydroxylation sites is 1. The van der Waals surface area contributed by atoms with Gasteiger partial charge < -0.3 is 14.6 Å². The summed E-state index contributed by atoms with van der Waals surface area (Å²) in [7, 11) is 3.42. The average Bonchev–Trinajstić information content (AvgIpc) is 2.90. The summed E-state index contributed by atoms with van der Waals surface area (Å²) in [6.45, 7) is 0. The maximum Gasteiger partial charge on any atom is 0.349 e. The first kappa shape index (κ1) is 17.5. The zero-order chi connectivity index (χ0) is 18.8. The Balaban J connectivity index is 2.19. The number of nitriles is 1. The van der Waals surface area contributed by atoms with E-state index in [0.29, 0.717) is 4.53 Å². The standard InChI is InChI=1S/C19H15N3O3S/c1-21-10-9-12(13-5-3-4-6-15(13)21)7-8-16-17(23)22(2)18(26-16)14(11-20)19(24)25/h3-10H,1-2H3,(H,24,25). The number of hydrogen-bond donors (Lipinski definition) is 1. The number of hydrogen-bond acceptors (Lipinski definition) is 5. The van der Waals surface area contributed by atoms with Crippen molar-refractivity contribution in [2.75, 3.05) is 11.9 Å². The van der Waals surface area contributed by atoms with Gasteiger partial charge >= 0.3 is 5.97 Å². The molecule has 1 aromatic carbocycles. The van der Waals surface area contributed by atoms with Crippen molar-refractivity contribution in [3.05, 3.63) is 67.7 Å². The maximum absolute atomic E-state index is 12.4. The number of carboxylic acid groups (broad SMARTS) is 1. The van der Waals surface area contributed by atoms with Crippen molar-refractivity contribution in [2.24, 2.45) is 7.05 Å². The average molecular weight is 365 g/mol. The molecule has 0 radical (unpaired) electrons. The van der Waals surface area contributed by atoms with E-state index in [1.165, 1.54) is 11.6 Å². The van der Waals surface area contributed by atoms with Gasteiger partial charge in [0.05, 0.1) is 4.53 Å². The van der Waals surface area contributed by atoms with Gasteiger partial charge in [0.1, 0.15) is 10.7 Å². The Morgan fingerprint density at radius 3 is 2.69 bits per heavy atom. The van der Waals surface area contributed by atoms with E-state index in [1.54, 1.807) is 12.1 Å². The van der Waals surface area contributed by atoms with Gasteiger partial charge in [-0.05, 0) is 23.8 Å². The number of anilines is 1. The third kappa shape index (κ3) is 2.98. The fourth-order valence-electron chi connectivity index (χ4n) is 2.68. The van der Waals surface area contributed by atoms with Gasteiger partial charge in [-0.1, -0.05) is 24.3 Å². The Bertz CT molecular complexity index is 1180. The lowest BCUT2D eigenvalue weighted by Crippen LogP contribution is -2.30. The normalized spacial score (nSPS) is 16.4. The van der Waals surface area contributed by atoms with E-state index < -0.39 is 11.5 Å². The van der Waals surface area contributed by atoms with Crippen LogP contribution >= 0.6 is 11.3 Å². The zero-order valence-electron chi connectivity index (χ0n) is 14.1. The minimum absolute atomic E-state index is 0.133. The fraction of sp³-hybridized carbons (Fsp3) is 0.105. The van der Waals surface area contributed by atoms with Gasteiger partial charge in [0.15, 0.2) is 5.57 Å². The number of fused-ring (bicyclic) bond motifs is 1. The first-order valence-corrected chi connectivity index (χ1v) is 8.51. The molecule has 2 heterocycles. The summed E-state index contributed by atoms with van der Waals surface area (Å²) in [5, 5.41) is 18.1. The summed E-state index contributed by atoms with van der Waals surface area (Å²) in [6.07, 6.45) is 7.37. The largest absolute Gasteiger partial charge is 0.477 e. The summed E-state index contributed by atoms with van der Waals surface area (Å²) in [5.41, 5.74) is 2.27. The lowest BCUT2D eigenvalue weighted by molar-refractivity contribution is -0.130. The Kier molecular flexibility index (Phi) is 4.61. The lowest BCUT2D eigenvalue weighted by Gasteiger charge is -2.23. The smallest absolute Gasteiger partial charge is 0.349 e. The van der Waals surface area contributed by atoms with Crippen LogP contribution in [-0.4, -0.2) is 22.7 Å². The van der Waals surface area contributed by atoms with Gasteiger partial charge in [0, 0.05) is 31.5 Å². The van der Waals surface area contributed by atoms with Crippen LogP contribution in [0.3, 0.4) is 0 Å². The Labute approximate surface area is 153 Å². The predicted octanol–water partition coefficient (Wildman–Crippen LogP) is 1.03. The Morgan fingerprint density at radius 1 is 1.27 bits per heavy atom. The van der Waals surface area contributed by atoms with Crippen LogP contribution in [-0.2, 0) is 11.8 Å². The van der Waals surface area contributed by atoms with Gasteiger partial charge in [0.2, 0.25) is 0 Å². The van der Waals surface area contributed by atoms with Crippen molar-refractivity contribution in [3.63, 3.8) is 0 Å². The molecule has 0 fully saturated rings. The van der Waals surface area contributed by atoms with E-state index in [2.05, 4.69) is 0 Å². The van der Waals surface area contributed by atoms with E-state index in [-0.39, 0.29) is 10.2 Å². The van der Waals surface area contributed by atoms with Gasteiger partial charge in [-0.25, -0.2) is 4.79 Å². The molecule has 0 spiro atoms. The van der Waals surface area contributed by atoms with E-state index in [9.17, 15) is 9.59 Å². The number of nitrogens with zero attached hydrogens (tertiary/aromatic N) is 3. The molecule has 1 aliphatic rings. The minimum Gasteiger partial charge on any atom is -0.477 e. The monoisotopic (exact) mass is 365 g/mol. The number of carbonyl (C=O) groups is 1. The molecule has 0 amide bonds. The number of rotatable bonds is 2.